The summed E-state index contributed by atoms with van der Waals surface area (Å²) in [6, 6.07) is 14.0. The summed E-state index contributed by atoms with van der Waals surface area (Å²) in [6.45, 7) is 2.58. The molecule has 0 unspecified atom stereocenters. The molecule has 0 fully saturated rings. The summed E-state index contributed by atoms with van der Waals surface area (Å²) in [5.74, 6) is -0.900. The molecule has 3 rings (SSSR count). The van der Waals surface area contributed by atoms with E-state index in [1.807, 2.05) is 12.1 Å². The maximum absolute atomic E-state index is 12.6. The van der Waals surface area contributed by atoms with Crippen molar-refractivity contribution in [2.75, 3.05) is 17.2 Å². The molecule has 0 aliphatic rings. The van der Waals surface area contributed by atoms with Gasteiger partial charge < -0.3 is 15.4 Å². The Labute approximate surface area is 162 Å². The van der Waals surface area contributed by atoms with Crippen molar-refractivity contribution in [3.8, 4) is 0 Å². The lowest BCUT2D eigenvalue weighted by Crippen LogP contribution is -2.17. The molecule has 0 aliphatic heterocycles. The van der Waals surface area contributed by atoms with Crippen molar-refractivity contribution < 1.29 is 14.3 Å². The maximum atomic E-state index is 12.6. The van der Waals surface area contributed by atoms with Crippen molar-refractivity contribution in [1.29, 1.82) is 0 Å². The Kier molecular flexibility index (Phi) is 6.30. The van der Waals surface area contributed by atoms with Gasteiger partial charge in [0.1, 0.15) is 5.69 Å². The van der Waals surface area contributed by atoms with Crippen LogP contribution < -0.4 is 10.6 Å². The summed E-state index contributed by atoms with van der Waals surface area (Å²) < 4.78 is 5.03. The van der Waals surface area contributed by atoms with Crippen LogP contribution in [0.4, 0.5) is 11.4 Å². The molecule has 3 aromatic rings. The molecule has 0 saturated carbocycles. The Bertz CT molecular complexity index is 961. The van der Waals surface area contributed by atoms with E-state index in [2.05, 4.69) is 20.6 Å². The van der Waals surface area contributed by atoms with Gasteiger partial charge in [0.05, 0.1) is 17.9 Å². The van der Waals surface area contributed by atoms with E-state index in [0.29, 0.717) is 17.8 Å². The minimum atomic E-state index is -0.487. The molecule has 0 aliphatic carbocycles. The van der Waals surface area contributed by atoms with Gasteiger partial charge in [-0.05, 0) is 48.9 Å². The van der Waals surface area contributed by atoms with Crippen molar-refractivity contribution in [3.63, 3.8) is 0 Å². The highest BCUT2D eigenvalue weighted by Gasteiger charge is 2.15. The quantitative estimate of drug-likeness (QED) is 0.613. The number of aromatic nitrogens is 2. The summed E-state index contributed by atoms with van der Waals surface area (Å²) in [7, 11) is 0. The number of ether oxygens (including phenoxy) is 1. The topological polar surface area (TPSA) is 93.2 Å². The molecule has 2 heterocycles. The van der Waals surface area contributed by atoms with Crippen LogP contribution in [0.15, 0.2) is 67.1 Å². The van der Waals surface area contributed by atoms with E-state index in [-0.39, 0.29) is 12.3 Å². The molecule has 28 heavy (non-hydrogen) atoms. The van der Waals surface area contributed by atoms with Crippen LogP contribution in [0.5, 0.6) is 0 Å². The number of hydrogen-bond donors (Lipinski definition) is 2. The first-order chi connectivity index (χ1) is 13.7. The molecule has 0 atom stereocenters. The van der Waals surface area contributed by atoms with E-state index < -0.39 is 11.9 Å². The zero-order valence-electron chi connectivity index (χ0n) is 15.4. The molecule has 0 radical (unpaired) electrons. The van der Waals surface area contributed by atoms with Crippen molar-refractivity contribution in [3.05, 3.63) is 83.9 Å². The van der Waals surface area contributed by atoms with Gasteiger partial charge in [0.15, 0.2) is 0 Å². The zero-order valence-corrected chi connectivity index (χ0v) is 15.4. The number of para-hydroxylation sites is 1. The van der Waals surface area contributed by atoms with Gasteiger partial charge >= 0.3 is 5.97 Å². The number of nitrogens with one attached hydrogen (secondary N) is 2. The van der Waals surface area contributed by atoms with Gasteiger partial charge in [-0.15, -0.1) is 0 Å². The van der Waals surface area contributed by atoms with Crippen LogP contribution in [0.2, 0.25) is 0 Å². The normalized spacial score (nSPS) is 10.2. The van der Waals surface area contributed by atoms with Gasteiger partial charge in [-0.2, -0.15) is 0 Å². The minimum Gasteiger partial charge on any atom is -0.462 e. The first kappa shape index (κ1) is 19.0. The van der Waals surface area contributed by atoms with E-state index in [1.54, 1.807) is 61.9 Å². The standard InChI is InChI=1S/C21H20N4O3/c1-2-28-21(27)17-5-3-4-6-18(17)25-20(26)19-13-16(9-12-23-19)24-14-15-7-10-22-11-8-15/h3-13H,2,14H2,1H3,(H,23,24)(H,25,26). The summed E-state index contributed by atoms with van der Waals surface area (Å²) in [4.78, 5) is 32.8. The molecule has 142 valence electrons. The first-order valence-corrected chi connectivity index (χ1v) is 8.83. The third-order valence-electron chi connectivity index (χ3n) is 3.91. The van der Waals surface area contributed by atoms with Crippen LogP contribution in [0.3, 0.4) is 0 Å². The number of pyridine rings is 2. The fourth-order valence-electron chi connectivity index (χ4n) is 2.53. The average Bonchev–Trinajstić information content (AvgIpc) is 2.74. The van der Waals surface area contributed by atoms with Crippen LogP contribution in [0, 0.1) is 0 Å². The van der Waals surface area contributed by atoms with Crippen LogP contribution in [0.25, 0.3) is 0 Å². The van der Waals surface area contributed by atoms with Crippen molar-refractivity contribution in [2.45, 2.75) is 13.5 Å². The van der Waals surface area contributed by atoms with E-state index in [1.165, 1.54) is 0 Å². The molecule has 7 nitrogen and oxygen atoms in total. The Hall–Kier alpha value is -3.74. The second-order valence-electron chi connectivity index (χ2n) is 5.86. The third kappa shape index (κ3) is 4.91. The second kappa shape index (κ2) is 9.27. The highest BCUT2D eigenvalue weighted by Crippen LogP contribution is 2.18. The Morgan fingerprint density at radius 2 is 1.82 bits per heavy atom. The lowest BCUT2D eigenvalue weighted by Gasteiger charge is -2.11. The van der Waals surface area contributed by atoms with Gasteiger partial charge in [0, 0.05) is 30.8 Å². The number of carbonyl (C=O) groups is 2. The van der Waals surface area contributed by atoms with Crippen molar-refractivity contribution in [2.24, 2.45) is 0 Å². The molecule has 1 amide bonds. The SMILES string of the molecule is CCOC(=O)c1ccccc1NC(=O)c1cc(NCc2ccncc2)ccn1. The Morgan fingerprint density at radius 1 is 1.04 bits per heavy atom. The van der Waals surface area contributed by atoms with Gasteiger partial charge in [0.25, 0.3) is 5.91 Å². The number of carbonyl (C=O) groups excluding carboxylic acids is 2. The van der Waals surface area contributed by atoms with Crippen LogP contribution in [0.1, 0.15) is 33.3 Å². The third-order valence-corrected chi connectivity index (χ3v) is 3.91. The summed E-state index contributed by atoms with van der Waals surface area (Å²) >= 11 is 0. The van der Waals surface area contributed by atoms with Crippen LogP contribution >= 0.6 is 0 Å². The molecule has 7 heteroatoms. The highest BCUT2D eigenvalue weighted by atomic mass is 16.5. The molecule has 2 aromatic heterocycles. The van der Waals surface area contributed by atoms with Gasteiger partial charge in [0.2, 0.25) is 0 Å². The number of esters is 1. The van der Waals surface area contributed by atoms with Gasteiger partial charge in [-0.1, -0.05) is 12.1 Å². The highest BCUT2D eigenvalue weighted by molar-refractivity contribution is 6.07. The summed E-state index contributed by atoms with van der Waals surface area (Å²) in [6.07, 6.45) is 5.01. The van der Waals surface area contributed by atoms with E-state index in [0.717, 1.165) is 11.3 Å². The van der Waals surface area contributed by atoms with E-state index in [4.69, 9.17) is 4.74 Å². The minimum absolute atomic E-state index is 0.235. The van der Waals surface area contributed by atoms with Crippen molar-refractivity contribution >= 4 is 23.3 Å². The number of benzene rings is 1. The molecule has 1 aromatic carbocycles. The molecular weight excluding hydrogens is 356 g/mol. The number of hydrogen-bond acceptors (Lipinski definition) is 6. The number of nitrogens with zero attached hydrogens (tertiary/aromatic N) is 2. The predicted molar refractivity (Wildman–Crippen MR) is 106 cm³/mol. The fraction of sp³-hybridized carbons (Fsp3) is 0.143. The van der Waals surface area contributed by atoms with Gasteiger partial charge in [-0.3, -0.25) is 14.8 Å². The number of amides is 1. The summed E-state index contributed by atoms with van der Waals surface area (Å²) in [5.41, 5.74) is 2.74. The first-order valence-electron chi connectivity index (χ1n) is 8.83. The number of rotatable bonds is 7. The monoisotopic (exact) mass is 376 g/mol. The second-order valence-corrected chi connectivity index (χ2v) is 5.86. The van der Waals surface area contributed by atoms with Crippen molar-refractivity contribution in [1.82, 2.24) is 9.97 Å². The van der Waals surface area contributed by atoms with Gasteiger partial charge in [-0.25, -0.2) is 4.79 Å². The largest absolute Gasteiger partial charge is 0.462 e. The lowest BCUT2D eigenvalue weighted by atomic mass is 10.1. The van der Waals surface area contributed by atoms with E-state index in [9.17, 15) is 9.59 Å². The fourth-order valence-corrected chi connectivity index (χ4v) is 2.53. The maximum Gasteiger partial charge on any atom is 0.340 e. The van der Waals surface area contributed by atoms with Crippen LogP contribution in [-0.4, -0.2) is 28.5 Å². The summed E-state index contributed by atoms with van der Waals surface area (Å²) in [5, 5.41) is 5.97. The lowest BCUT2D eigenvalue weighted by molar-refractivity contribution is 0.0527. The number of anilines is 2. The predicted octanol–water partition coefficient (Wildman–Crippen LogP) is 3.52. The molecular formula is C21H20N4O3. The van der Waals surface area contributed by atoms with Crippen LogP contribution in [-0.2, 0) is 11.3 Å². The zero-order chi connectivity index (χ0) is 19.8. The molecule has 0 spiro atoms. The Morgan fingerprint density at radius 3 is 2.61 bits per heavy atom. The van der Waals surface area contributed by atoms with E-state index >= 15 is 0 Å². The molecule has 0 saturated heterocycles. The average molecular weight is 376 g/mol. The molecule has 0 bridgehead atoms. The Balaban J connectivity index is 1.71. The molecule has 2 N–H and O–H groups in total. The smallest absolute Gasteiger partial charge is 0.340 e.